The standard InChI is InChI=1S/C29H31NO6/c1-15-13-22(32)21-14-20-18(9-10-19-24(20)28(35)30(27(19)34)29(2,3)4)23(25(21)26(15)33)16-5-7-17(8-6-16)36-12-11-31/h5-9,13,19-20,23-24,31H,10-12,14H2,1-4H3/t19-,20+,23-,24-/m0/s1. The van der Waals surface area contributed by atoms with E-state index in [1.807, 2.05) is 39.0 Å². The zero-order chi connectivity index (χ0) is 25.9. The first kappa shape index (κ1) is 24.4. The second-order valence-electron chi connectivity index (χ2n) is 11.1. The fraction of sp³-hybridized carbons (Fsp3) is 0.448. The molecule has 188 valence electrons. The highest BCUT2D eigenvalue weighted by atomic mass is 16.5. The van der Waals surface area contributed by atoms with Gasteiger partial charge in [-0.05, 0) is 70.2 Å². The van der Waals surface area contributed by atoms with Crippen molar-refractivity contribution in [2.75, 3.05) is 13.2 Å². The first-order chi connectivity index (χ1) is 17.0. The molecular weight excluding hydrogens is 458 g/mol. The van der Waals surface area contributed by atoms with Gasteiger partial charge in [0.2, 0.25) is 11.8 Å². The van der Waals surface area contributed by atoms with Crippen LogP contribution in [0, 0.1) is 17.8 Å². The van der Waals surface area contributed by atoms with Crippen molar-refractivity contribution in [3.8, 4) is 5.75 Å². The second-order valence-corrected chi connectivity index (χ2v) is 11.1. The molecule has 7 heteroatoms. The number of ether oxygens (including phenoxy) is 1. The highest BCUT2D eigenvalue weighted by molar-refractivity contribution is 6.23. The quantitative estimate of drug-likeness (QED) is 0.396. The van der Waals surface area contributed by atoms with E-state index in [0.717, 1.165) is 11.1 Å². The van der Waals surface area contributed by atoms with Crippen LogP contribution in [0.2, 0.25) is 0 Å². The Morgan fingerprint density at radius 1 is 1.03 bits per heavy atom. The van der Waals surface area contributed by atoms with Crippen LogP contribution in [-0.2, 0) is 19.2 Å². The summed E-state index contributed by atoms with van der Waals surface area (Å²) >= 11 is 0. The monoisotopic (exact) mass is 489 g/mol. The van der Waals surface area contributed by atoms with E-state index in [2.05, 4.69) is 0 Å². The van der Waals surface area contributed by atoms with Crippen molar-refractivity contribution >= 4 is 23.4 Å². The van der Waals surface area contributed by atoms with Gasteiger partial charge in [0.25, 0.3) is 0 Å². The minimum atomic E-state index is -0.634. The number of aliphatic hydroxyl groups excluding tert-OH is 1. The van der Waals surface area contributed by atoms with Gasteiger partial charge in [-0.15, -0.1) is 0 Å². The Hall–Kier alpha value is -3.32. The lowest BCUT2D eigenvalue weighted by molar-refractivity contribution is -0.145. The summed E-state index contributed by atoms with van der Waals surface area (Å²) in [4.78, 5) is 54.9. The smallest absolute Gasteiger partial charge is 0.234 e. The predicted octanol–water partition coefficient (Wildman–Crippen LogP) is 3.29. The zero-order valence-electron chi connectivity index (χ0n) is 21.0. The number of Topliss-reactive ketones (excluding diaryl/α,β-unsaturated/α-hetero) is 1. The molecule has 1 N–H and O–H groups in total. The number of hydrogen-bond acceptors (Lipinski definition) is 6. The van der Waals surface area contributed by atoms with Crippen LogP contribution in [0.25, 0.3) is 0 Å². The molecule has 4 aliphatic rings. The number of rotatable bonds is 4. The number of likely N-dealkylation sites (tertiary alicyclic amines) is 1. The highest BCUT2D eigenvalue weighted by Gasteiger charge is 2.58. The Kier molecular flexibility index (Phi) is 5.86. The Balaban J connectivity index is 1.62. The molecule has 7 nitrogen and oxygen atoms in total. The van der Waals surface area contributed by atoms with Crippen LogP contribution in [0.15, 0.2) is 58.7 Å². The molecule has 0 spiro atoms. The van der Waals surface area contributed by atoms with Gasteiger partial charge in [0.05, 0.1) is 18.4 Å². The molecule has 3 aliphatic carbocycles. The Morgan fingerprint density at radius 3 is 2.36 bits per heavy atom. The molecule has 0 aromatic heterocycles. The molecule has 0 radical (unpaired) electrons. The summed E-state index contributed by atoms with van der Waals surface area (Å²) in [5.41, 5.74) is 2.47. The number of hydrogen-bond donors (Lipinski definition) is 1. The van der Waals surface area contributed by atoms with Crippen molar-refractivity contribution in [3.63, 3.8) is 0 Å². The van der Waals surface area contributed by atoms with E-state index >= 15 is 0 Å². The SMILES string of the molecule is CC1=CC(=O)C2=C(C1=O)[C@@H](c1ccc(OCCO)cc1)C1=CC[C@@H]3C(=O)N(C(C)(C)C)C(=O)[C@@H]3[C@@H]1C2. The third-order valence-electron chi connectivity index (χ3n) is 7.81. The topological polar surface area (TPSA) is 101 Å². The number of carbonyl (C=O) groups excluding carboxylic acids is 4. The van der Waals surface area contributed by atoms with E-state index in [0.29, 0.717) is 28.9 Å². The lowest BCUT2D eigenvalue weighted by Gasteiger charge is -2.42. The minimum Gasteiger partial charge on any atom is -0.491 e. The van der Waals surface area contributed by atoms with E-state index in [-0.39, 0.29) is 48.9 Å². The summed E-state index contributed by atoms with van der Waals surface area (Å²) in [6.07, 6.45) is 4.13. The maximum absolute atomic E-state index is 13.7. The van der Waals surface area contributed by atoms with E-state index in [9.17, 15) is 19.2 Å². The number of imide groups is 1. The molecule has 0 saturated carbocycles. The van der Waals surface area contributed by atoms with Crippen LogP contribution >= 0.6 is 0 Å². The van der Waals surface area contributed by atoms with E-state index in [1.54, 1.807) is 19.1 Å². The molecule has 1 aromatic carbocycles. The number of ketones is 2. The number of amides is 2. The van der Waals surface area contributed by atoms with E-state index < -0.39 is 23.3 Å². The summed E-state index contributed by atoms with van der Waals surface area (Å²) in [5, 5.41) is 9.04. The van der Waals surface area contributed by atoms with Crippen molar-refractivity contribution in [1.82, 2.24) is 4.90 Å². The third-order valence-corrected chi connectivity index (χ3v) is 7.81. The minimum absolute atomic E-state index is 0.0989. The van der Waals surface area contributed by atoms with Crippen LogP contribution < -0.4 is 4.74 Å². The van der Waals surface area contributed by atoms with Gasteiger partial charge in [-0.1, -0.05) is 23.8 Å². The van der Waals surface area contributed by atoms with Crippen LogP contribution in [0.4, 0.5) is 0 Å². The van der Waals surface area contributed by atoms with Gasteiger partial charge < -0.3 is 9.84 Å². The molecule has 0 bridgehead atoms. The Labute approximate surface area is 210 Å². The molecule has 5 rings (SSSR count). The molecule has 4 atom stereocenters. The summed E-state index contributed by atoms with van der Waals surface area (Å²) in [5.74, 6) is -1.90. The second kappa shape index (κ2) is 8.66. The van der Waals surface area contributed by atoms with Crippen molar-refractivity contribution in [2.45, 2.75) is 52.0 Å². The molecule has 0 unspecified atom stereocenters. The summed E-state index contributed by atoms with van der Waals surface area (Å²) < 4.78 is 5.50. The van der Waals surface area contributed by atoms with Crippen molar-refractivity contribution in [2.24, 2.45) is 17.8 Å². The first-order valence-corrected chi connectivity index (χ1v) is 12.5. The number of aliphatic hydroxyl groups is 1. The molecule has 1 fully saturated rings. The van der Waals surface area contributed by atoms with Crippen LogP contribution in [0.1, 0.15) is 52.0 Å². The van der Waals surface area contributed by atoms with Crippen molar-refractivity contribution in [1.29, 1.82) is 0 Å². The highest BCUT2D eigenvalue weighted by Crippen LogP contribution is 2.55. The fourth-order valence-electron chi connectivity index (χ4n) is 6.32. The molecule has 1 aliphatic heterocycles. The zero-order valence-corrected chi connectivity index (χ0v) is 21.0. The van der Waals surface area contributed by atoms with E-state index in [1.165, 1.54) is 11.0 Å². The lowest BCUT2D eigenvalue weighted by atomic mass is 9.59. The number of carbonyl (C=O) groups is 4. The third kappa shape index (κ3) is 3.68. The maximum Gasteiger partial charge on any atom is 0.234 e. The fourth-order valence-corrected chi connectivity index (χ4v) is 6.32. The van der Waals surface area contributed by atoms with Gasteiger partial charge in [0, 0.05) is 28.2 Å². The molecular formula is C29H31NO6. The van der Waals surface area contributed by atoms with Gasteiger partial charge >= 0.3 is 0 Å². The first-order valence-electron chi connectivity index (χ1n) is 12.5. The van der Waals surface area contributed by atoms with Gasteiger partial charge in [-0.25, -0.2) is 0 Å². The summed E-state index contributed by atoms with van der Waals surface area (Å²) in [6.45, 7) is 7.30. The van der Waals surface area contributed by atoms with Gasteiger partial charge in [0.15, 0.2) is 11.6 Å². The maximum atomic E-state index is 13.7. The average Bonchev–Trinajstić information content (AvgIpc) is 3.10. The summed E-state index contributed by atoms with van der Waals surface area (Å²) in [6, 6.07) is 7.30. The van der Waals surface area contributed by atoms with Crippen LogP contribution in [0.3, 0.4) is 0 Å². The van der Waals surface area contributed by atoms with Crippen LogP contribution in [0.5, 0.6) is 5.75 Å². The predicted molar refractivity (Wildman–Crippen MR) is 132 cm³/mol. The van der Waals surface area contributed by atoms with Crippen molar-refractivity contribution < 1.29 is 29.0 Å². The number of allylic oxidation sites excluding steroid dienone is 6. The number of nitrogens with zero attached hydrogens (tertiary/aromatic N) is 1. The molecule has 1 heterocycles. The summed E-state index contributed by atoms with van der Waals surface area (Å²) in [7, 11) is 0. The number of fused-ring (bicyclic) bond motifs is 3. The molecule has 36 heavy (non-hydrogen) atoms. The largest absolute Gasteiger partial charge is 0.491 e. The Morgan fingerprint density at radius 2 is 1.72 bits per heavy atom. The number of benzene rings is 1. The van der Waals surface area contributed by atoms with Gasteiger partial charge in [0.1, 0.15) is 12.4 Å². The Bertz CT molecular complexity index is 1260. The van der Waals surface area contributed by atoms with Gasteiger partial charge in [-0.3, -0.25) is 24.1 Å². The molecule has 1 aromatic rings. The average molecular weight is 490 g/mol. The van der Waals surface area contributed by atoms with Crippen LogP contribution in [-0.4, -0.2) is 52.1 Å². The molecule has 2 amide bonds. The van der Waals surface area contributed by atoms with Gasteiger partial charge in [-0.2, -0.15) is 0 Å². The van der Waals surface area contributed by atoms with Crippen molar-refractivity contribution in [3.05, 3.63) is 64.3 Å². The molecule has 1 saturated heterocycles. The lowest BCUT2D eigenvalue weighted by Crippen LogP contribution is -2.46. The normalized spacial score (nSPS) is 28.0. The van der Waals surface area contributed by atoms with E-state index in [4.69, 9.17) is 9.84 Å².